The second kappa shape index (κ2) is 4.11. The molecule has 0 aromatic heterocycles. The summed E-state index contributed by atoms with van der Waals surface area (Å²) >= 11 is 0. The van der Waals surface area contributed by atoms with Crippen molar-refractivity contribution in [3.05, 3.63) is 0 Å². The molecule has 74 valence electrons. The van der Waals surface area contributed by atoms with E-state index < -0.39 is 24.3 Å². The van der Waals surface area contributed by atoms with Gasteiger partial charge in [0.1, 0.15) is 0 Å². The van der Waals surface area contributed by atoms with Gasteiger partial charge in [0.15, 0.2) is 6.10 Å². The molecule has 1 fully saturated rings. The molecular formula is C8H12O5. The van der Waals surface area contributed by atoms with Gasteiger partial charge in [0.2, 0.25) is 6.10 Å². The summed E-state index contributed by atoms with van der Waals surface area (Å²) in [5, 5.41) is 0. The van der Waals surface area contributed by atoms with Gasteiger partial charge in [-0.25, -0.2) is 9.59 Å². The van der Waals surface area contributed by atoms with E-state index in [1.54, 1.807) is 0 Å². The van der Waals surface area contributed by atoms with Crippen LogP contribution in [0.4, 0.5) is 4.79 Å². The number of esters is 1. The molecule has 1 rings (SSSR count). The normalized spacial score (nSPS) is 26.5. The van der Waals surface area contributed by atoms with Crippen LogP contribution in [-0.4, -0.2) is 31.4 Å². The summed E-state index contributed by atoms with van der Waals surface area (Å²) in [6.45, 7) is 1.93. The largest absolute Gasteiger partial charge is 0.509 e. The molecule has 1 aliphatic rings. The first-order valence-electron chi connectivity index (χ1n) is 4.14. The SMILES string of the molecule is CCCC1OC(=O)OC1C(=O)OC. The lowest BCUT2D eigenvalue weighted by atomic mass is 10.1. The van der Waals surface area contributed by atoms with Gasteiger partial charge in [-0.15, -0.1) is 0 Å². The van der Waals surface area contributed by atoms with E-state index in [0.29, 0.717) is 6.42 Å². The first-order chi connectivity index (χ1) is 6.19. The van der Waals surface area contributed by atoms with Crippen molar-refractivity contribution >= 4 is 12.1 Å². The predicted octanol–water partition coefficient (Wildman–Crippen LogP) is 0.863. The fraction of sp³-hybridized carbons (Fsp3) is 0.750. The minimum absolute atomic E-state index is 0.495. The first kappa shape index (κ1) is 9.83. The highest BCUT2D eigenvalue weighted by molar-refractivity contribution is 5.80. The summed E-state index contributed by atoms with van der Waals surface area (Å²) in [5.41, 5.74) is 0. The summed E-state index contributed by atoms with van der Waals surface area (Å²) in [4.78, 5) is 21.8. The molecule has 1 saturated heterocycles. The Labute approximate surface area is 76.0 Å². The summed E-state index contributed by atoms with van der Waals surface area (Å²) in [5.74, 6) is -0.565. The van der Waals surface area contributed by atoms with Crippen LogP contribution in [-0.2, 0) is 19.0 Å². The van der Waals surface area contributed by atoms with Crippen molar-refractivity contribution < 1.29 is 23.8 Å². The van der Waals surface area contributed by atoms with Crippen LogP contribution in [0.3, 0.4) is 0 Å². The lowest BCUT2D eigenvalue weighted by Gasteiger charge is -2.11. The molecule has 0 bridgehead atoms. The molecule has 2 unspecified atom stereocenters. The van der Waals surface area contributed by atoms with E-state index >= 15 is 0 Å². The molecule has 13 heavy (non-hydrogen) atoms. The molecule has 0 saturated carbocycles. The number of carbonyl (C=O) groups excluding carboxylic acids is 2. The topological polar surface area (TPSA) is 61.8 Å². The Morgan fingerprint density at radius 2 is 2.23 bits per heavy atom. The van der Waals surface area contributed by atoms with E-state index in [1.807, 2.05) is 6.92 Å². The third kappa shape index (κ3) is 2.11. The van der Waals surface area contributed by atoms with Crippen molar-refractivity contribution in [2.24, 2.45) is 0 Å². The van der Waals surface area contributed by atoms with E-state index in [0.717, 1.165) is 6.42 Å². The smallest absolute Gasteiger partial charge is 0.466 e. The van der Waals surface area contributed by atoms with Gasteiger partial charge in [-0.2, -0.15) is 0 Å². The van der Waals surface area contributed by atoms with Crippen molar-refractivity contribution in [3.8, 4) is 0 Å². The van der Waals surface area contributed by atoms with Gasteiger partial charge in [-0.3, -0.25) is 0 Å². The molecule has 0 aromatic rings. The average molecular weight is 188 g/mol. The molecule has 5 nitrogen and oxygen atoms in total. The van der Waals surface area contributed by atoms with Crippen molar-refractivity contribution in [1.82, 2.24) is 0 Å². The molecule has 0 aliphatic carbocycles. The maximum atomic E-state index is 11.1. The zero-order valence-electron chi connectivity index (χ0n) is 7.61. The van der Waals surface area contributed by atoms with Crippen LogP contribution in [0, 0.1) is 0 Å². The Morgan fingerprint density at radius 1 is 1.54 bits per heavy atom. The zero-order chi connectivity index (χ0) is 9.84. The van der Waals surface area contributed by atoms with Crippen molar-refractivity contribution in [2.75, 3.05) is 7.11 Å². The molecule has 0 N–H and O–H groups in total. The first-order valence-corrected chi connectivity index (χ1v) is 4.14. The van der Waals surface area contributed by atoms with E-state index in [1.165, 1.54) is 7.11 Å². The van der Waals surface area contributed by atoms with Crippen LogP contribution in [0.25, 0.3) is 0 Å². The molecule has 0 aromatic carbocycles. The predicted molar refractivity (Wildman–Crippen MR) is 42.1 cm³/mol. The minimum atomic E-state index is -0.891. The monoisotopic (exact) mass is 188 g/mol. The second-order valence-electron chi connectivity index (χ2n) is 2.76. The fourth-order valence-electron chi connectivity index (χ4n) is 1.20. The number of rotatable bonds is 3. The molecule has 0 spiro atoms. The van der Waals surface area contributed by atoms with Gasteiger partial charge >= 0.3 is 12.1 Å². The van der Waals surface area contributed by atoms with E-state index in [2.05, 4.69) is 9.47 Å². The van der Waals surface area contributed by atoms with Crippen molar-refractivity contribution in [2.45, 2.75) is 32.0 Å². The van der Waals surface area contributed by atoms with Crippen molar-refractivity contribution in [3.63, 3.8) is 0 Å². The molecule has 0 radical (unpaired) electrons. The number of carbonyl (C=O) groups is 2. The quantitative estimate of drug-likeness (QED) is 0.615. The number of hydrogen-bond acceptors (Lipinski definition) is 5. The van der Waals surface area contributed by atoms with Crippen LogP contribution < -0.4 is 0 Å². The molecule has 2 atom stereocenters. The highest BCUT2D eigenvalue weighted by Crippen LogP contribution is 2.20. The summed E-state index contributed by atoms with van der Waals surface area (Å²) < 4.78 is 13.9. The highest BCUT2D eigenvalue weighted by Gasteiger charge is 2.41. The van der Waals surface area contributed by atoms with E-state index in [4.69, 9.17) is 4.74 Å². The standard InChI is InChI=1S/C8H12O5/c1-3-4-5-6(7(9)11-2)13-8(10)12-5/h5-6H,3-4H2,1-2H3. The Balaban J connectivity index is 2.60. The van der Waals surface area contributed by atoms with Crippen LogP contribution >= 0.6 is 0 Å². The minimum Gasteiger partial charge on any atom is -0.466 e. The van der Waals surface area contributed by atoms with Crippen LogP contribution in [0.5, 0.6) is 0 Å². The molecule has 5 heteroatoms. The summed E-state index contributed by atoms with van der Waals surface area (Å²) in [7, 11) is 1.25. The van der Waals surface area contributed by atoms with E-state index in [9.17, 15) is 9.59 Å². The lowest BCUT2D eigenvalue weighted by Crippen LogP contribution is -2.32. The summed E-state index contributed by atoms with van der Waals surface area (Å²) in [6.07, 6.45) is -0.767. The van der Waals surface area contributed by atoms with Gasteiger partial charge in [0.25, 0.3) is 0 Å². The Bertz CT molecular complexity index is 213. The van der Waals surface area contributed by atoms with Crippen LogP contribution in [0.15, 0.2) is 0 Å². The Hall–Kier alpha value is -1.26. The number of ether oxygens (including phenoxy) is 3. The molecular weight excluding hydrogens is 176 g/mol. The second-order valence-corrected chi connectivity index (χ2v) is 2.76. The van der Waals surface area contributed by atoms with Crippen LogP contribution in [0.2, 0.25) is 0 Å². The summed E-state index contributed by atoms with van der Waals surface area (Å²) in [6, 6.07) is 0. The highest BCUT2D eigenvalue weighted by atomic mass is 16.8. The number of hydrogen-bond donors (Lipinski definition) is 0. The van der Waals surface area contributed by atoms with E-state index in [-0.39, 0.29) is 0 Å². The van der Waals surface area contributed by atoms with Gasteiger partial charge in [-0.1, -0.05) is 13.3 Å². The van der Waals surface area contributed by atoms with Gasteiger partial charge in [0.05, 0.1) is 7.11 Å². The van der Waals surface area contributed by atoms with Gasteiger partial charge < -0.3 is 14.2 Å². The van der Waals surface area contributed by atoms with Gasteiger partial charge in [-0.05, 0) is 6.42 Å². The third-order valence-electron chi connectivity index (χ3n) is 1.82. The molecule has 0 amide bonds. The number of cyclic esters (lactones) is 2. The number of methoxy groups -OCH3 is 1. The lowest BCUT2D eigenvalue weighted by molar-refractivity contribution is -0.150. The van der Waals surface area contributed by atoms with Crippen molar-refractivity contribution in [1.29, 1.82) is 0 Å². The molecule has 1 aliphatic heterocycles. The average Bonchev–Trinajstić information content (AvgIpc) is 2.46. The maximum Gasteiger partial charge on any atom is 0.509 e. The van der Waals surface area contributed by atoms with Gasteiger partial charge in [0, 0.05) is 0 Å². The molecule has 1 heterocycles. The maximum absolute atomic E-state index is 11.1. The van der Waals surface area contributed by atoms with Crippen LogP contribution in [0.1, 0.15) is 19.8 Å². The zero-order valence-corrected chi connectivity index (χ0v) is 7.61. The Kier molecular flexibility index (Phi) is 3.11. The third-order valence-corrected chi connectivity index (χ3v) is 1.82. The Morgan fingerprint density at radius 3 is 2.77 bits per heavy atom. The fourth-order valence-corrected chi connectivity index (χ4v) is 1.20.